The normalized spacial score (nSPS) is 16.0. The number of anilines is 1. The van der Waals surface area contributed by atoms with Crippen molar-refractivity contribution in [3.05, 3.63) is 58.2 Å². The van der Waals surface area contributed by atoms with Crippen LogP contribution >= 0.6 is 23.1 Å². The number of carbonyl (C=O) groups excluding carboxylic acids is 3. The van der Waals surface area contributed by atoms with Crippen molar-refractivity contribution in [2.75, 3.05) is 5.32 Å². The number of imide groups is 1. The van der Waals surface area contributed by atoms with Gasteiger partial charge in [0.25, 0.3) is 17.1 Å². The number of nitrogens with zero attached hydrogens (tertiary/aromatic N) is 2. The molecule has 1 saturated heterocycles. The maximum atomic E-state index is 12.9. The fraction of sp³-hybridized carbons (Fsp3) is 0.0667. The Kier molecular flexibility index (Phi) is 4.72. The summed E-state index contributed by atoms with van der Waals surface area (Å²) in [6.45, 7) is 0.0242. The molecule has 2 aromatic rings. The lowest BCUT2D eigenvalue weighted by Gasteiger charge is -2.12. The summed E-state index contributed by atoms with van der Waals surface area (Å²) >= 11 is 1.93. The highest BCUT2D eigenvalue weighted by atomic mass is 32.2. The standard InChI is InChI=1S/C15H10FN3O3S2/c16-10-3-1-9(2-4-10)8-19-13(21)11(24-15(19)22)7-12(20)18-14-17-5-6-23-14/h1-7H,8H2,(H,17,18,20). The second-order valence-corrected chi connectivity index (χ2v) is 6.61. The Hall–Kier alpha value is -2.52. The highest BCUT2D eigenvalue weighted by molar-refractivity contribution is 8.18. The quantitative estimate of drug-likeness (QED) is 0.845. The van der Waals surface area contributed by atoms with Gasteiger partial charge in [0.1, 0.15) is 5.82 Å². The molecule has 1 fully saturated rings. The van der Waals surface area contributed by atoms with Gasteiger partial charge in [0, 0.05) is 17.7 Å². The number of amides is 3. The molecule has 1 aromatic carbocycles. The van der Waals surface area contributed by atoms with Crippen LogP contribution < -0.4 is 5.32 Å². The van der Waals surface area contributed by atoms with Crippen LogP contribution in [0.2, 0.25) is 0 Å². The van der Waals surface area contributed by atoms with E-state index in [0.29, 0.717) is 22.5 Å². The molecule has 0 radical (unpaired) electrons. The first-order valence-corrected chi connectivity index (χ1v) is 8.43. The topological polar surface area (TPSA) is 79.4 Å². The molecule has 24 heavy (non-hydrogen) atoms. The first-order chi connectivity index (χ1) is 11.5. The fourth-order valence-electron chi connectivity index (χ4n) is 1.95. The minimum atomic E-state index is -0.552. The van der Waals surface area contributed by atoms with Crippen molar-refractivity contribution in [1.82, 2.24) is 9.88 Å². The minimum absolute atomic E-state index is 0.0242. The molecule has 3 rings (SSSR count). The van der Waals surface area contributed by atoms with E-state index < -0.39 is 22.9 Å². The lowest BCUT2D eigenvalue weighted by Crippen LogP contribution is -2.27. The number of nitrogens with one attached hydrogen (secondary N) is 1. The maximum Gasteiger partial charge on any atom is 0.293 e. The molecule has 0 unspecified atom stereocenters. The van der Waals surface area contributed by atoms with E-state index in [0.717, 1.165) is 11.0 Å². The molecule has 0 spiro atoms. The molecule has 1 N–H and O–H groups in total. The maximum absolute atomic E-state index is 12.9. The smallest absolute Gasteiger partial charge is 0.293 e. The van der Waals surface area contributed by atoms with E-state index in [1.54, 1.807) is 5.38 Å². The number of halogens is 1. The van der Waals surface area contributed by atoms with Gasteiger partial charge in [-0.3, -0.25) is 24.6 Å². The number of aromatic nitrogens is 1. The highest BCUT2D eigenvalue weighted by Gasteiger charge is 2.35. The largest absolute Gasteiger partial charge is 0.298 e. The summed E-state index contributed by atoms with van der Waals surface area (Å²) in [5.41, 5.74) is 0.618. The third-order valence-corrected chi connectivity index (χ3v) is 4.65. The van der Waals surface area contributed by atoms with E-state index in [1.807, 2.05) is 0 Å². The molecule has 0 atom stereocenters. The number of rotatable bonds is 4. The zero-order chi connectivity index (χ0) is 17.1. The van der Waals surface area contributed by atoms with E-state index >= 15 is 0 Å². The Bertz CT molecular complexity index is 819. The fourth-order valence-corrected chi connectivity index (χ4v) is 3.30. The molecule has 1 aromatic heterocycles. The van der Waals surface area contributed by atoms with E-state index in [2.05, 4.69) is 10.3 Å². The predicted molar refractivity (Wildman–Crippen MR) is 88.8 cm³/mol. The van der Waals surface area contributed by atoms with Crippen molar-refractivity contribution in [3.8, 4) is 0 Å². The Morgan fingerprint density at radius 2 is 2.04 bits per heavy atom. The van der Waals surface area contributed by atoms with Crippen LogP contribution in [-0.2, 0) is 16.1 Å². The van der Waals surface area contributed by atoms with E-state index in [-0.39, 0.29) is 11.4 Å². The summed E-state index contributed by atoms with van der Waals surface area (Å²) in [4.78, 5) is 41.1. The van der Waals surface area contributed by atoms with Gasteiger partial charge >= 0.3 is 0 Å². The molecule has 2 heterocycles. The minimum Gasteiger partial charge on any atom is -0.298 e. The molecule has 3 amide bonds. The summed E-state index contributed by atoms with van der Waals surface area (Å²) in [5.74, 6) is -1.48. The zero-order valence-corrected chi connectivity index (χ0v) is 13.7. The van der Waals surface area contributed by atoms with Gasteiger partial charge < -0.3 is 0 Å². The van der Waals surface area contributed by atoms with Crippen LogP contribution in [0, 0.1) is 5.82 Å². The van der Waals surface area contributed by atoms with Crippen molar-refractivity contribution < 1.29 is 18.8 Å². The Morgan fingerprint density at radius 1 is 1.29 bits per heavy atom. The molecular weight excluding hydrogens is 353 g/mol. The third kappa shape index (κ3) is 3.69. The summed E-state index contributed by atoms with van der Waals surface area (Å²) in [7, 11) is 0. The second-order valence-electron chi connectivity index (χ2n) is 4.72. The molecule has 6 nitrogen and oxygen atoms in total. The molecule has 122 valence electrons. The van der Waals surface area contributed by atoms with Crippen molar-refractivity contribution in [3.63, 3.8) is 0 Å². The number of thioether (sulfide) groups is 1. The van der Waals surface area contributed by atoms with Crippen LogP contribution in [-0.4, -0.2) is 26.9 Å². The first kappa shape index (κ1) is 16.3. The summed E-state index contributed by atoms with van der Waals surface area (Å²) in [5, 5.41) is 4.14. The predicted octanol–water partition coefficient (Wildman–Crippen LogP) is 3.00. The molecule has 0 bridgehead atoms. The molecule has 9 heteroatoms. The lowest BCUT2D eigenvalue weighted by atomic mass is 10.2. The lowest BCUT2D eigenvalue weighted by molar-refractivity contribution is -0.123. The van der Waals surface area contributed by atoms with E-state index in [9.17, 15) is 18.8 Å². The third-order valence-electron chi connectivity index (χ3n) is 3.05. The van der Waals surface area contributed by atoms with Gasteiger partial charge in [0.15, 0.2) is 5.13 Å². The summed E-state index contributed by atoms with van der Waals surface area (Å²) in [6, 6.07) is 5.51. The van der Waals surface area contributed by atoms with Crippen LogP contribution in [0.1, 0.15) is 5.56 Å². The van der Waals surface area contributed by atoms with Crippen molar-refractivity contribution >= 4 is 45.3 Å². The van der Waals surface area contributed by atoms with Crippen molar-refractivity contribution in [2.24, 2.45) is 0 Å². The van der Waals surface area contributed by atoms with Gasteiger partial charge in [-0.25, -0.2) is 9.37 Å². The SMILES string of the molecule is O=C(C=C1SC(=O)N(Cc2ccc(F)cc2)C1=O)Nc1nccs1. The van der Waals surface area contributed by atoms with Crippen LogP contribution in [0.4, 0.5) is 14.3 Å². The molecule has 1 aliphatic rings. The highest BCUT2D eigenvalue weighted by Crippen LogP contribution is 2.31. The number of benzene rings is 1. The van der Waals surface area contributed by atoms with Gasteiger partial charge in [-0.1, -0.05) is 12.1 Å². The summed E-state index contributed by atoms with van der Waals surface area (Å²) < 4.78 is 12.9. The number of thiazole rings is 1. The number of hydrogen-bond donors (Lipinski definition) is 1. The van der Waals surface area contributed by atoms with Crippen LogP contribution in [0.25, 0.3) is 0 Å². The van der Waals surface area contributed by atoms with Crippen molar-refractivity contribution in [2.45, 2.75) is 6.54 Å². The number of hydrogen-bond acceptors (Lipinski definition) is 6. The summed E-state index contributed by atoms with van der Waals surface area (Å²) in [6.07, 6.45) is 2.62. The van der Waals surface area contributed by atoms with E-state index in [1.165, 1.54) is 41.8 Å². The zero-order valence-electron chi connectivity index (χ0n) is 12.1. The van der Waals surface area contributed by atoms with Crippen LogP contribution in [0.5, 0.6) is 0 Å². The van der Waals surface area contributed by atoms with Gasteiger partial charge in [0.05, 0.1) is 11.4 Å². The molecular formula is C15H10FN3O3S2. The van der Waals surface area contributed by atoms with Gasteiger partial charge in [-0.05, 0) is 29.5 Å². The first-order valence-electron chi connectivity index (χ1n) is 6.73. The van der Waals surface area contributed by atoms with Gasteiger partial charge in [0.2, 0.25) is 0 Å². The van der Waals surface area contributed by atoms with Gasteiger partial charge in [-0.2, -0.15) is 0 Å². The second kappa shape index (κ2) is 6.93. The Labute approximate surface area is 144 Å². The van der Waals surface area contributed by atoms with Crippen molar-refractivity contribution in [1.29, 1.82) is 0 Å². The molecule has 0 saturated carbocycles. The van der Waals surface area contributed by atoms with Crippen LogP contribution in [0.3, 0.4) is 0 Å². The van der Waals surface area contributed by atoms with Crippen LogP contribution in [0.15, 0.2) is 46.8 Å². The number of carbonyl (C=O) groups is 3. The Morgan fingerprint density at radius 3 is 2.71 bits per heavy atom. The molecule has 0 aliphatic carbocycles. The molecule has 1 aliphatic heterocycles. The average Bonchev–Trinajstić information content (AvgIpc) is 3.13. The monoisotopic (exact) mass is 363 g/mol. The Balaban J connectivity index is 1.70. The average molecular weight is 363 g/mol. The van der Waals surface area contributed by atoms with Gasteiger partial charge in [-0.15, -0.1) is 11.3 Å². The van der Waals surface area contributed by atoms with E-state index in [4.69, 9.17) is 0 Å².